The lowest BCUT2D eigenvalue weighted by Gasteiger charge is -1.95. The van der Waals surface area contributed by atoms with Gasteiger partial charge in [-0.2, -0.15) is 0 Å². The summed E-state index contributed by atoms with van der Waals surface area (Å²) in [5.41, 5.74) is 3.56. The van der Waals surface area contributed by atoms with Gasteiger partial charge in [-0.25, -0.2) is 15.0 Å². The molecule has 0 amide bonds. The summed E-state index contributed by atoms with van der Waals surface area (Å²) >= 11 is 0. The van der Waals surface area contributed by atoms with Crippen molar-refractivity contribution in [1.29, 1.82) is 0 Å². The number of rotatable bonds is 0. The van der Waals surface area contributed by atoms with E-state index in [1.165, 1.54) is 0 Å². The van der Waals surface area contributed by atoms with Gasteiger partial charge in [0.1, 0.15) is 0 Å². The van der Waals surface area contributed by atoms with E-state index in [1.54, 1.807) is 12.7 Å². The summed E-state index contributed by atoms with van der Waals surface area (Å²) in [6, 6.07) is 2.05. The third kappa shape index (κ3) is 0.810. The van der Waals surface area contributed by atoms with Gasteiger partial charge in [0.15, 0.2) is 11.3 Å². The van der Waals surface area contributed by atoms with E-state index in [1.807, 2.05) is 23.2 Å². The second-order valence-electron chi connectivity index (χ2n) is 3.38. The van der Waals surface area contributed by atoms with Crippen molar-refractivity contribution in [2.75, 3.05) is 0 Å². The van der Waals surface area contributed by atoms with Gasteiger partial charge in [-0.15, -0.1) is 0 Å². The maximum atomic E-state index is 4.36. The van der Waals surface area contributed by atoms with E-state index in [0.717, 1.165) is 22.3 Å². The molecule has 3 aromatic heterocycles. The SMILES string of the molecule is Cn1cnc2nc3ncn(C)c3cc21. The molecule has 5 heteroatoms. The number of pyridine rings is 1. The molecule has 14 heavy (non-hydrogen) atoms. The van der Waals surface area contributed by atoms with Gasteiger partial charge in [0.05, 0.1) is 23.7 Å². The smallest absolute Gasteiger partial charge is 0.179 e. The second kappa shape index (κ2) is 2.31. The van der Waals surface area contributed by atoms with Crippen molar-refractivity contribution in [2.24, 2.45) is 14.1 Å². The summed E-state index contributed by atoms with van der Waals surface area (Å²) in [4.78, 5) is 12.7. The minimum absolute atomic E-state index is 0.749. The molecule has 0 N–H and O–H groups in total. The first-order valence-electron chi connectivity index (χ1n) is 4.35. The molecule has 0 spiro atoms. The molecule has 0 aromatic carbocycles. The van der Waals surface area contributed by atoms with Gasteiger partial charge in [0, 0.05) is 14.1 Å². The summed E-state index contributed by atoms with van der Waals surface area (Å²) in [6.45, 7) is 0. The van der Waals surface area contributed by atoms with Crippen LogP contribution in [0.25, 0.3) is 22.3 Å². The molecular weight excluding hydrogens is 178 g/mol. The molecule has 0 atom stereocenters. The van der Waals surface area contributed by atoms with Crippen LogP contribution in [0.15, 0.2) is 18.7 Å². The minimum Gasteiger partial charge on any atom is -0.332 e. The molecule has 5 nitrogen and oxygen atoms in total. The van der Waals surface area contributed by atoms with Crippen LogP contribution in [0, 0.1) is 0 Å². The van der Waals surface area contributed by atoms with Crippen LogP contribution < -0.4 is 0 Å². The lowest BCUT2D eigenvalue weighted by Crippen LogP contribution is -1.88. The molecule has 3 aromatic rings. The van der Waals surface area contributed by atoms with Crippen molar-refractivity contribution >= 4 is 22.3 Å². The average Bonchev–Trinajstić information content (AvgIpc) is 2.71. The molecule has 70 valence electrons. The van der Waals surface area contributed by atoms with Crippen molar-refractivity contribution in [3.8, 4) is 0 Å². The zero-order valence-electron chi connectivity index (χ0n) is 7.97. The monoisotopic (exact) mass is 187 g/mol. The molecule has 0 unspecified atom stereocenters. The number of hydrogen-bond donors (Lipinski definition) is 0. The Morgan fingerprint density at radius 3 is 1.93 bits per heavy atom. The van der Waals surface area contributed by atoms with Gasteiger partial charge in [-0.05, 0) is 6.07 Å². The van der Waals surface area contributed by atoms with Crippen molar-refractivity contribution < 1.29 is 0 Å². The number of nitrogens with zero attached hydrogens (tertiary/aromatic N) is 5. The normalized spacial score (nSPS) is 11.6. The average molecular weight is 187 g/mol. The van der Waals surface area contributed by atoms with Crippen LogP contribution >= 0.6 is 0 Å². The molecule has 0 aliphatic heterocycles. The first-order chi connectivity index (χ1) is 6.75. The molecule has 3 rings (SSSR count). The number of aryl methyl sites for hydroxylation is 2. The van der Waals surface area contributed by atoms with Crippen LogP contribution in [0.5, 0.6) is 0 Å². The van der Waals surface area contributed by atoms with E-state index in [0.29, 0.717) is 0 Å². The van der Waals surface area contributed by atoms with Crippen molar-refractivity contribution in [1.82, 2.24) is 24.1 Å². The van der Waals surface area contributed by atoms with E-state index in [-0.39, 0.29) is 0 Å². The van der Waals surface area contributed by atoms with Crippen LogP contribution in [0.2, 0.25) is 0 Å². The Kier molecular flexibility index (Phi) is 1.24. The summed E-state index contributed by atoms with van der Waals surface area (Å²) in [5.74, 6) is 0. The van der Waals surface area contributed by atoms with Crippen molar-refractivity contribution in [3.63, 3.8) is 0 Å². The largest absolute Gasteiger partial charge is 0.332 e. The highest BCUT2D eigenvalue weighted by Gasteiger charge is 2.06. The Labute approximate surface area is 80.0 Å². The fraction of sp³-hybridized carbons (Fsp3) is 0.222. The zero-order chi connectivity index (χ0) is 9.71. The summed E-state index contributed by atoms with van der Waals surface area (Å²) in [6.07, 6.45) is 3.52. The molecule has 0 bridgehead atoms. The fourth-order valence-electron chi connectivity index (χ4n) is 1.59. The number of aromatic nitrogens is 5. The van der Waals surface area contributed by atoms with E-state index in [4.69, 9.17) is 0 Å². The summed E-state index contributed by atoms with van der Waals surface area (Å²) < 4.78 is 3.91. The fourth-order valence-corrected chi connectivity index (χ4v) is 1.59. The maximum Gasteiger partial charge on any atom is 0.179 e. The second-order valence-corrected chi connectivity index (χ2v) is 3.38. The molecule has 3 heterocycles. The third-order valence-electron chi connectivity index (χ3n) is 2.41. The predicted octanol–water partition coefficient (Wildman–Crippen LogP) is 0.855. The van der Waals surface area contributed by atoms with Gasteiger partial charge in [-0.3, -0.25) is 0 Å². The first-order valence-corrected chi connectivity index (χ1v) is 4.35. The molecule has 0 aliphatic carbocycles. The quantitative estimate of drug-likeness (QED) is 0.524. The molecule has 0 fully saturated rings. The Morgan fingerprint density at radius 2 is 1.43 bits per heavy atom. The lowest BCUT2D eigenvalue weighted by molar-refractivity contribution is 0.938. The molecule has 0 saturated heterocycles. The lowest BCUT2D eigenvalue weighted by atomic mass is 10.4. The van der Waals surface area contributed by atoms with Crippen LogP contribution in [0.4, 0.5) is 0 Å². The summed E-state index contributed by atoms with van der Waals surface area (Å²) in [7, 11) is 3.92. The van der Waals surface area contributed by atoms with E-state index < -0.39 is 0 Å². The molecule has 0 saturated carbocycles. The predicted molar refractivity (Wildman–Crippen MR) is 52.8 cm³/mol. The first kappa shape index (κ1) is 7.49. The van der Waals surface area contributed by atoms with E-state index in [9.17, 15) is 0 Å². The van der Waals surface area contributed by atoms with Gasteiger partial charge in [0.2, 0.25) is 0 Å². The van der Waals surface area contributed by atoms with Gasteiger partial charge < -0.3 is 9.13 Å². The van der Waals surface area contributed by atoms with Gasteiger partial charge in [-0.1, -0.05) is 0 Å². The van der Waals surface area contributed by atoms with Crippen LogP contribution in [-0.2, 0) is 14.1 Å². The topological polar surface area (TPSA) is 48.5 Å². The van der Waals surface area contributed by atoms with E-state index >= 15 is 0 Å². The zero-order valence-corrected chi connectivity index (χ0v) is 7.97. The minimum atomic E-state index is 0.749. The highest BCUT2D eigenvalue weighted by Crippen LogP contribution is 2.16. The Hall–Kier alpha value is -1.91. The van der Waals surface area contributed by atoms with Crippen molar-refractivity contribution in [3.05, 3.63) is 18.7 Å². The third-order valence-corrected chi connectivity index (χ3v) is 2.41. The summed E-state index contributed by atoms with van der Waals surface area (Å²) in [5, 5.41) is 0. The van der Waals surface area contributed by atoms with Gasteiger partial charge >= 0.3 is 0 Å². The number of hydrogen-bond acceptors (Lipinski definition) is 3. The highest BCUT2D eigenvalue weighted by molar-refractivity contribution is 5.85. The van der Waals surface area contributed by atoms with Crippen molar-refractivity contribution in [2.45, 2.75) is 0 Å². The maximum absolute atomic E-state index is 4.36. The van der Waals surface area contributed by atoms with Crippen LogP contribution in [-0.4, -0.2) is 24.1 Å². The Balaban J connectivity index is 2.57. The van der Waals surface area contributed by atoms with Crippen LogP contribution in [0.3, 0.4) is 0 Å². The van der Waals surface area contributed by atoms with E-state index in [2.05, 4.69) is 21.0 Å². The highest BCUT2D eigenvalue weighted by atomic mass is 15.1. The standard InChI is InChI=1S/C9H9N5/c1-13-4-10-8-6(13)3-7-9(12-8)11-5-14(7)2/h3-5H,1-2H3. The Morgan fingerprint density at radius 1 is 0.929 bits per heavy atom. The number of fused-ring (bicyclic) bond motifs is 2. The molecule has 0 aliphatic rings. The molecule has 0 radical (unpaired) electrons. The molecular formula is C9H9N5. The van der Waals surface area contributed by atoms with Gasteiger partial charge in [0.25, 0.3) is 0 Å². The van der Waals surface area contributed by atoms with Crippen LogP contribution in [0.1, 0.15) is 0 Å². The number of imidazole rings is 2. The Bertz CT molecular complexity index is 567.